The minimum atomic E-state index is -0.417. The van der Waals surface area contributed by atoms with Gasteiger partial charge in [0.25, 0.3) is 0 Å². The summed E-state index contributed by atoms with van der Waals surface area (Å²) < 4.78 is 0. The molecule has 3 aromatic carbocycles. The quantitative estimate of drug-likeness (QED) is 0.334. The summed E-state index contributed by atoms with van der Waals surface area (Å²) >= 11 is 12.2. The van der Waals surface area contributed by atoms with E-state index in [1.807, 2.05) is 20.8 Å². The predicted octanol–water partition coefficient (Wildman–Crippen LogP) is 7.21. The second kappa shape index (κ2) is 9.73. The van der Waals surface area contributed by atoms with Crippen LogP contribution in [0.2, 0.25) is 10.0 Å². The number of urea groups is 2. The van der Waals surface area contributed by atoms with E-state index in [1.54, 1.807) is 54.6 Å². The number of carbonyl (C=O) groups excluding carboxylic acids is 2. The summed E-state index contributed by atoms with van der Waals surface area (Å²) in [7, 11) is 0. The topological polar surface area (TPSA) is 82.3 Å². The summed E-state index contributed by atoms with van der Waals surface area (Å²) in [5.74, 6) is 0. The molecule has 0 fully saturated rings. The highest BCUT2D eigenvalue weighted by molar-refractivity contribution is 6.32. The maximum absolute atomic E-state index is 12.5. The molecular weight excluding hydrogens is 435 g/mol. The average Bonchev–Trinajstić information content (AvgIpc) is 2.71. The number of anilines is 4. The number of rotatable bonds is 4. The fourth-order valence-electron chi connectivity index (χ4n) is 2.88. The molecular formula is C23H22Cl2N4O2. The SMILES string of the molecule is Cc1ccc(NC(=O)Nc2cccc(Cl)c2C)cc1NC(=O)Nc1cccc(Cl)c1C. The van der Waals surface area contributed by atoms with Crippen LogP contribution >= 0.6 is 23.2 Å². The molecule has 0 bridgehead atoms. The molecule has 4 amide bonds. The molecule has 0 atom stereocenters. The van der Waals surface area contributed by atoms with Crippen LogP contribution < -0.4 is 21.3 Å². The lowest BCUT2D eigenvalue weighted by molar-refractivity contribution is 0.261. The smallest absolute Gasteiger partial charge is 0.308 e. The summed E-state index contributed by atoms with van der Waals surface area (Å²) in [6, 6.07) is 15.0. The van der Waals surface area contributed by atoms with Crippen LogP contribution in [-0.4, -0.2) is 12.1 Å². The molecule has 160 valence electrons. The van der Waals surface area contributed by atoms with Gasteiger partial charge in [-0.2, -0.15) is 0 Å². The number of hydrogen-bond acceptors (Lipinski definition) is 2. The molecule has 8 heteroatoms. The zero-order valence-corrected chi connectivity index (χ0v) is 18.8. The van der Waals surface area contributed by atoms with E-state index in [1.165, 1.54) is 0 Å². The summed E-state index contributed by atoms with van der Waals surface area (Å²) in [4.78, 5) is 24.9. The molecule has 0 radical (unpaired) electrons. The molecule has 0 heterocycles. The highest BCUT2D eigenvalue weighted by Crippen LogP contribution is 2.25. The fraction of sp³-hybridized carbons (Fsp3) is 0.130. The maximum atomic E-state index is 12.5. The molecule has 0 aliphatic rings. The molecule has 0 spiro atoms. The van der Waals surface area contributed by atoms with Gasteiger partial charge < -0.3 is 21.3 Å². The molecule has 0 aromatic heterocycles. The summed E-state index contributed by atoms with van der Waals surface area (Å²) in [6.07, 6.45) is 0. The first-order chi connectivity index (χ1) is 14.7. The standard InChI is InChI=1S/C23H22Cl2N4O2/c1-13-10-11-16(26-22(30)27-19-8-4-6-17(24)14(19)2)12-21(13)29-23(31)28-20-9-5-7-18(25)15(20)3/h4-12H,1-3H3,(H2,26,27,30)(H2,28,29,31). The molecule has 0 unspecified atom stereocenters. The van der Waals surface area contributed by atoms with Gasteiger partial charge in [0.1, 0.15) is 0 Å². The van der Waals surface area contributed by atoms with E-state index in [-0.39, 0.29) is 0 Å². The Hall–Kier alpha value is -3.22. The van der Waals surface area contributed by atoms with Gasteiger partial charge in [-0.15, -0.1) is 0 Å². The lowest BCUT2D eigenvalue weighted by atomic mass is 10.1. The van der Waals surface area contributed by atoms with Crippen LogP contribution in [0.4, 0.5) is 32.3 Å². The monoisotopic (exact) mass is 456 g/mol. The van der Waals surface area contributed by atoms with Gasteiger partial charge >= 0.3 is 12.1 Å². The first kappa shape index (κ1) is 22.5. The third kappa shape index (κ3) is 5.69. The van der Waals surface area contributed by atoms with Crippen LogP contribution in [0.15, 0.2) is 54.6 Å². The summed E-state index contributed by atoms with van der Waals surface area (Å²) in [5.41, 5.74) is 4.72. The van der Waals surface area contributed by atoms with Crippen LogP contribution in [0.1, 0.15) is 16.7 Å². The maximum Gasteiger partial charge on any atom is 0.323 e. The van der Waals surface area contributed by atoms with Gasteiger partial charge in [0, 0.05) is 32.8 Å². The normalized spacial score (nSPS) is 10.4. The van der Waals surface area contributed by atoms with Crippen molar-refractivity contribution in [3.8, 4) is 0 Å². The molecule has 0 aliphatic carbocycles. The number of nitrogens with one attached hydrogen (secondary N) is 4. The molecule has 6 nitrogen and oxygen atoms in total. The van der Waals surface area contributed by atoms with Crippen molar-refractivity contribution in [1.29, 1.82) is 0 Å². The van der Waals surface area contributed by atoms with E-state index in [9.17, 15) is 9.59 Å². The fourth-order valence-corrected chi connectivity index (χ4v) is 3.23. The Morgan fingerprint density at radius 1 is 0.645 bits per heavy atom. The number of benzene rings is 3. The van der Waals surface area contributed by atoms with E-state index < -0.39 is 12.1 Å². The van der Waals surface area contributed by atoms with Crippen molar-refractivity contribution in [1.82, 2.24) is 0 Å². The van der Waals surface area contributed by atoms with Crippen molar-refractivity contribution in [2.45, 2.75) is 20.8 Å². The van der Waals surface area contributed by atoms with E-state index in [4.69, 9.17) is 23.2 Å². The first-order valence-corrected chi connectivity index (χ1v) is 10.3. The lowest BCUT2D eigenvalue weighted by Gasteiger charge is -2.14. The van der Waals surface area contributed by atoms with Crippen LogP contribution in [0, 0.1) is 20.8 Å². The molecule has 3 aromatic rings. The number of aryl methyl sites for hydroxylation is 1. The number of hydrogen-bond donors (Lipinski definition) is 4. The van der Waals surface area contributed by atoms with Crippen molar-refractivity contribution < 1.29 is 9.59 Å². The van der Waals surface area contributed by atoms with E-state index in [0.29, 0.717) is 32.8 Å². The molecule has 0 aliphatic heterocycles. The molecule has 0 saturated heterocycles. The van der Waals surface area contributed by atoms with Gasteiger partial charge in [0.2, 0.25) is 0 Å². The van der Waals surface area contributed by atoms with Gasteiger partial charge in [-0.25, -0.2) is 9.59 Å². The second-order valence-corrected chi connectivity index (χ2v) is 7.83. The van der Waals surface area contributed by atoms with Gasteiger partial charge in [-0.3, -0.25) is 0 Å². The zero-order chi connectivity index (χ0) is 22.5. The molecule has 0 saturated carbocycles. The van der Waals surface area contributed by atoms with Gasteiger partial charge in [0.15, 0.2) is 0 Å². The van der Waals surface area contributed by atoms with E-state index in [0.717, 1.165) is 16.7 Å². The largest absolute Gasteiger partial charge is 0.323 e. The van der Waals surface area contributed by atoms with Gasteiger partial charge in [-0.1, -0.05) is 41.4 Å². The highest BCUT2D eigenvalue weighted by atomic mass is 35.5. The third-order valence-electron chi connectivity index (χ3n) is 4.78. The number of amides is 4. The Morgan fingerprint density at radius 2 is 1.13 bits per heavy atom. The van der Waals surface area contributed by atoms with Crippen molar-refractivity contribution in [2.24, 2.45) is 0 Å². The van der Waals surface area contributed by atoms with Crippen LogP contribution in [0.3, 0.4) is 0 Å². The minimum Gasteiger partial charge on any atom is -0.308 e. The summed E-state index contributed by atoms with van der Waals surface area (Å²) in [6.45, 7) is 5.51. The number of carbonyl (C=O) groups is 2. The van der Waals surface area contributed by atoms with Gasteiger partial charge in [-0.05, 0) is 73.9 Å². The lowest BCUT2D eigenvalue weighted by Crippen LogP contribution is -2.22. The van der Waals surface area contributed by atoms with Crippen molar-refractivity contribution >= 4 is 58.0 Å². The van der Waals surface area contributed by atoms with Crippen molar-refractivity contribution in [3.05, 3.63) is 81.3 Å². The Labute approximate surface area is 190 Å². The highest BCUT2D eigenvalue weighted by Gasteiger charge is 2.11. The summed E-state index contributed by atoms with van der Waals surface area (Å²) in [5, 5.41) is 12.3. The van der Waals surface area contributed by atoms with Crippen molar-refractivity contribution in [3.63, 3.8) is 0 Å². The molecule has 3 rings (SSSR count). The second-order valence-electron chi connectivity index (χ2n) is 7.01. The first-order valence-electron chi connectivity index (χ1n) is 9.51. The Bertz CT molecular complexity index is 1150. The molecule has 31 heavy (non-hydrogen) atoms. The number of halogens is 2. The Balaban J connectivity index is 1.68. The van der Waals surface area contributed by atoms with Crippen molar-refractivity contribution in [2.75, 3.05) is 21.3 Å². The zero-order valence-electron chi connectivity index (χ0n) is 17.3. The predicted molar refractivity (Wildman–Crippen MR) is 129 cm³/mol. The van der Waals surface area contributed by atoms with Crippen LogP contribution in [0.25, 0.3) is 0 Å². The Morgan fingerprint density at radius 3 is 1.68 bits per heavy atom. The van der Waals surface area contributed by atoms with Crippen LogP contribution in [0.5, 0.6) is 0 Å². The Kier molecular flexibility index (Phi) is 7.05. The van der Waals surface area contributed by atoms with E-state index >= 15 is 0 Å². The third-order valence-corrected chi connectivity index (χ3v) is 5.59. The molecule has 4 N–H and O–H groups in total. The van der Waals surface area contributed by atoms with Crippen LogP contribution in [-0.2, 0) is 0 Å². The minimum absolute atomic E-state index is 0.412. The average molecular weight is 457 g/mol. The van der Waals surface area contributed by atoms with E-state index in [2.05, 4.69) is 21.3 Å². The van der Waals surface area contributed by atoms with Gasteiger partial charge in [0.05, 0.1) is 0 Å².